The van der Waals surface area contributed by atoms with Crippen molar-refractivity contribution in [1.29, 1.82) is 0 Å². The summed E-state index contributed by atoms with van der Waals surface area (Å²) in [6, 6.07) is 6.40. The number of imidazole rings is 1. The fraction of sp³-hybridized carbons (Fsp3) is 0.500. The topological polar surface area (TPSA) is 47.4 Å². The maximum Gasteiger partial charge on any atom is 0.242 e. The molecule has 1 aromatic heterocycles. The van der Waals surface area contributed by atoms with E-state index >= 15 is 0 Å². The Morgan fingerprint density at radius 1 is 1.38 bits per heavy atom. The molecule has 0 atom stereocenters. The number of carbonyl (C=O) groups excluding carboxylic acids is 1. The molecule has 3 rings (SSSR count). The summed E-state index contributed by atoms with van der Waals surface area (Å²) in [5.74, 6) is 0.638. The van der Waals surface area contributed by atoms with E-state index in [9.17, 15) is 4.79 Å². The number of rotatable bonds is 3. The number of fused-ring (bicyclic) bond motifs is 1. The predicted octanol–water partition coefficient (Wildman–Crippen LogP) is 2.02. The molecule has 5 nitrogen and oxygen atoms in total. The molecule has 1 aliphatic heterocycles. The number of likely N-dealkylation sites (N-methyl/N-ethyl adjacent to an activating group) is 1. The second-order valence-corrected chi connectivity index (χ2v) is 5.80. The van der Waals surface area contributed by atoms with Gasteiger partial charge in [0.2, 0.25) is 5.91 Å². The normalized spacial score (nSPS) is 16.3. The molecule has 0 bridgehead atoms. The van der Waals surface area contributed by atoms with Crippen LogP contribution in [0.2, 0.25) is 0 Å². The van der Waals surface area contributed by atoms with Gasteiger partial charge in [0.25, 0.3) is 0 Å². The van der Waals surface area contributed by atoms with Crippen LogP contribution in [0.15, 0.2) is 24.5 Å². The average molecular weight is 287 g/mol. The molecular formula is C16H21N3O2. The highest BCUT2D eigenvalue weighted by molar-refractivity contribution is 5.80. The van der Waals surface area contributed by atoms with Crippen LogP contribution in [0.1, 0.15) is 24.3 Å². The molecule has 2 aromatic rings. The quantitative estimate of drug-likeness (QED) is 0.867. The van der Waals surface area contributed by atoms with Crippen molar-refractivity contribution >= 4 is 16.9 Å². The summed E-state index contributed by atoms with van der Waals surface area (Å²) >= 11 is 0. The molecule has 2 heterocycles. The summed E-state index contributed by atoms with van der Waals surface area (Å²) in [7, 11) is 3.54. The molecule has 0 radical (unpaired) electrons. The van der Waals surface area contributed by atoms with Crippen molar-refractivity contribution in [2.75, 3.05) is 27.3 Å². The Morgan fingerprint density at radius 3 is 2.86 bits per heavy atom. The van der Waals surface area contributed by atoms with Crippen LogP contribution in [0.4, 0.5) is 0 Å². The first-order valence-electron chi connectivity index (χ1n) is 7.38. The smallest absolute Gasteiger partial charge is 0.242 e. The van der Waals surface area contributed by atoms with Crippen molar-refractivity contribution in [2.24, 2.45) is 0 Å². The number of nitrogens with zero attached hydrogens (tertiary/aromatic N) is 3. The van der Waals surface area contributed by atoms with Crippen molar-refractivity contribution in [3.05, 3.63) is 30.1 Å². The molecule has 5 heteroatoms. The summed E-state index contributed by atoms with van der Waals surface area (Å²) < 4.78 is 7.33. The van der Waals surface area contributed by atoms with E-state index < -0.39 is 0 Å². The summed E-state index contributed by atoms with van der Waals surface area (Å²) in [4.78, 5) is 17.9. The summed E-state index contributed by atoms with van der Waals surface area (Å²) in [5, 5.41) is 0. The molecule has 1 aromatic carbocycles. The van der Waals surface area contributed by atoms with Gasteiger partial charge in [-0.3, -0.25) is 4.79 Å². The maximum atomic E-state index is 11.8. The third-order valence-electron chi connectivity index (χ3n) is 4.14. The lowest BCUT2D eigenvalue weighted by atomic mass is 9.91. The van der Waals surface area contributed by atoms with Crippen LogP contribution in [0.25, 0.3) is 11.0 Å². The Balaban J connectivity index is 1.85. The first kappa shape index (κ1) is 14.1. The van der Waals surface area contributed by atoms with E-state index in [1.807, 2.05) is 4.57 Å². The van der Waals surface area contributed by atoms with Crippen LogP contribution < -0.4 is 0 Å². The standard InChI is InChI=1S/C16H21N3O2/c1-18(2)16(20)10-19-11-17-14-9-13(3-4-15(14)19)12-5-7-21-8-6-12/h3-4,9,11-12H,5-8,10H2,1-2H3. The lowest BCUT2D eigenvalue weighted by Gasteiger charge is -2.22. The zero-order chi connectivity index (χ0) is 14.8. The number of ether oxygens (including phenoxy) is 1. The molecule has 112 valence electrons. The zero-order valence-corrected chi connectivity index (χ0v) is 12.6. The van der Waals surface area contributed by atoms with Gasteiger partial charge in [0, 0.05) is 27.3 Å². The van der Waals surface area contributed by atoms with Crippen LogP contribution in [-0.2, 0) is 16.1 Å². The number of carbonyl (C=O) groups is 1. The molecule has 1 saturated heterocycles. The minimum Gasteiger partial charge on any atom is -0.381 e. The van der Waals surface area contributed by atoms with Gasteiger partial charge in [0.15, 0.2) is 0 Å². The molecule has 1 aliphatic rings. The van der Waals surface area contributed by atoms with Gasteiger partial charge in [-0.2, -0.15) is 0 Å². The molecule has 0 aliphatic carbocycles. The van der Waals surface area contributed by atoms with E-state index in [2.05, 4.69) is 23.2 Å². The highest BCUT2D eigenvalue weighted by Crippen LogP contribution is 2.28. The molecule has 1 fully saturated rings. The maximum absolute atomic E-state index is 11.8. The highest BCUT2D eigenvalue weighted by atomic mass is 16.5. The van der Waals surface area contributed by atoms with Crippen molar-refractivity contribution in [2.45, 2.75) is 25.3 Å². The Bertz CT molecular complexity index is 642. The van der Waals surface area contributed by atoms with Gasteiger partial charge in [-0.15, -0.1) is 0 Å². The highest BCUT2D eigenvalue weighted by Gasteiger charge is 2.17. The fourth-order valence-corrected chi connectivity index (χ4v) is 2.78. The molecule has 0 spiro atoms. The number of benzene rings is 1. The van der Waals surface area contributed by atoms with Crippen molar-refractivity contribution in [3.63, 3.8) is 0 Å². The van der Waals surface area contributed by atoms with Gasteiger partial charge < -0.3 is 14.2 Å². The second kappa shape index (κ2) is 5.85. The van der Waals surface area contributed by atoms with Crippen LogP contribution in [0, 0.1) is 0 Å². The lowest BCUT2D eigenvalue weighted by molar-refractivity contribution is -0.129. The monoisotopic (exact) mass is 287 g/mol. The number of amides is 1. The summed E-state index contributed by atoms with van der Waals surface area (Å²) in [6.45, 7) is 2.02. The Kier molecular flexibility index (Phi) is 3.92. The third kappa shape index (κ3) is 2.93. The van der Waals surface area contributed by atoms with E-state index in [-0.39, 0.29) is 5.91 Å². The number of hydrogen-bond donors (Lipinski definition) is 0. The van der Waals surface area contributed by atoms with Crippen molar-refractivity contribution < 1.29 is 9.53 Å². The largest absolute Gasteiger partial charge is 0.381 e. The first-order valence-corrected chi connectivity index (χ1v) is 7.38. The number of hydrogen-bond acceptors (Lipinski definition) is 3. The van der Waals surface area contributed by atoms with E-state index in [1.54, 1.807) is 25.3 Å². The van der Waals surface area contributed by atoms with Crippen LogP contribution in [-0.4, -0.2) is 47.7 Å². The molecule has 0 N–H and O–H groups in total. The number of aromatic nitrogens is 2. The van der Waals surface area contributed by atoms with Crippen LogP contribution in [0.5, 0.6) is 0 Å². The van der Waals surface area contributed by atoms with E-state index in [4.69, 9.17) is 4.74 Å². The van der Waals surface area contributed by atoms with Crippen LogP contribution in [0.3, 0.4) is 0 Å². The SMILES string of the molecule is CN(C)C(=O)Cn1cnc2cc(C3CCOCC3)ccc21. The van der Waals surface area contributed by atoms with Gasteiger partial charge in [-0.05, 0) is 36.5 Å². The second-order valence-electron chi connectivity index (χ2n) is 5.80. The van der Waals surface area contributed by atoms with Gasteiger partial charge >= 0.3 is 0 Å². The van der Waals surface area contributed by atoms with Crippen molar-refractivity contribution in [3.8, 4) is 0 Å². The van der Waals surface area contributed by atoms with E-state index in [0.717, 1.165) is 37.1 Å². The summed E-state index contributed by atoms with van der Waals surface area (Å²) in [6.07, 6.45) is 3.90. The van der Waals surface area contributed by atoms with E-state index in [0.29, 0.717) is 12.5 Å². The average Bonchev–Trinajstić information content (AvgIpc) is 2.90. The molecule has 21 heavy (non-hydrogen) atoms. The molecule has 0 saturated carbocycles. The summed E-state index contributed by atoms with van der Waals surface area (Å²) in [5.41, 5.74) is 3.31. The minimum atomic E-state index is 0.0720. The fourth-order valence-electron chi connectivity index (χ4n) is 2.78. The Labute approximate surface area is 124 Å². The molecular weight excluding hydrogens is 266 g/mol. The van der Waals surface area contributed by atoms with E-state index in [1.165, 1.54) is 5.56 Å². The molecule has 0 unspecified atom stereocenters. The minimum absolute atomic E-state index is 0.0720. The van der Waals surface area contributed by atoms with Gasteiger partial charge in [0.1, 0.15) is 6.54 Å². The molecule has 1 amide bonds. The van der Waals surface area contributed by atoms with Crippen molar-refractivity contribution in [1.82, 2.24) is 14.5 Å². The Hall–Kier alpha value is -1.88. The van der Waals surface area contributed by atoms with Gasteiger partial charge in [-0.25, -0.2) is 4.98 Å². The predicted molar refractivity (Wildman–Crippen MR) is 81.2 cm³/mol. The van der Waals surface area contributed by atoms with Gasteiger partial charge in [0.05, 0.1) is 17.4 Å². The first-order chi connectivity index (χ1) is 10.1. The Morgan fingerprint density at radius 2 is 2.14 bits per heavy atom. The lowest BCUT2D eigenvalue weighted by Crippen LogP contribution is -2.25. The zero-order valence-electron chi connectivity index (χ0n) is 12.6. The van der Waals surface area contributed by atoms with Gasteiger partial charge in [-0.1, -0.05) is 6.07 Å². The third-order valence-corrected chi connectivity index (χ3v) is 4.14. The van der Waals surface area contributed by atoms with Crippen LogP contribution >= 0.6 is 0 Å².